The standard InChI is InChI=1S/C16H21NO/c1-13(17-15-10-6-3-7-11-15)12-16(18)14-8-4-2-5-9-14/h2,4-5,8-9,15H,3,6-7,10-12H2,1H3. The molecular weight excluding hydrogens is 222 g/mol. The van der Waals surface area contributed by atoms with Crippen LogP contribution in [0.3, 0.4) is 0 Å². The fourth-order valence-electron chi connectivity index (χ4n) is 2.53. The Balaban J connectivity index is 1.92. The molecule has 1 aromatic rings. The number of rotatable bonds is 4. The molecule has 1 fully saturated rings. The molecule has 0 N–H and O–H groups in total. The molecule has 0 unspecified atom stereocenters. The Morgan fingerprint density at radius 1 is 1.17 bits per heavy atom. The molecule has 96 valence electrons. The van der Waals surface area contributed by atoms with Gasteiger partial charge in [0.25, 0.3) is 0 Å². The number of carbonyl (C=O) groups is 1. The normalized spacial score (nSPS) is 17.7. The van der Waals surface area contributed by atoms with Crippen LogP contribution < -0.4 is 0 Å². The van der Waals surface area contributed by atoms with Gasteiger partial charge in [0.1, 0.15) is 0 Å². The van der Waals surface area contributed by atoms with E-state index in [4.69, 9.17) is 4.99 Å². The van der Waals surface area contributed by atoms with E-state index in [1.807, 2.05) is 37.3 Å². The molecule has 2 heteroatoms. The van der Waals surface area contributed by atoms with Crippen molar-refractivity contribution < 1.29 is 4.79 Å². The molecule has 0 aromatic heterocycles. The van der Waals surface area contributed by atoms with E-state index in [1.54, 1.807) is 0 Å². The third kappa shape index (κ3) is 3.80. The Morgan fingerprint density at radius 3 is 2.50 bits per heavy atom. The molecule has 0 radical (unpaired) electrons. The van der Waals surface area contributed by atoms with Crippen LogP contribution in [-0.4, -0.2) is 17.5 Å². The van der Waals surface area contributed by atoms with E-state index in [2.05, 4.69) is 0 Å². The summed E-state index contributed by atoms with van der Waals surface area (Å²) in [6, 6.07) is 9.94. The summed E-state index contributed by atoms with van der Waals surface area (Å²) in [5, 5.41) is 0. The number of nitrogens with zero attached hydrogens (tertiary/aromatic N) is 1. The number of carbonyl (C=O) groups excluding carboxylic acids is 1. The molecule has 18 heavy (non-hydrogen) atoms. The van der Waals surface area contributed by atoms with Gasteiger partial charge in [0, 0.05) is 23.7 Å². The molecule has 2 nitrogen and oxygen atoms in total. The lowest BCUT2D eigenvalue weighted by Gasteiger charge is -2.18. The van der Waals surface area contributed by atoms with Gasteiger partial charge < -0.3 is 0 Å². The van der Waals surface area contributed by atoms with E-state index in [1.165, 1.54) is 32.1 Å². The fraction of sp³-hybridized carbons (Fsp3) is 0.500. The van der Waals surface area contributed by atoms with Crippen LogP contribution in [0.15, 0.2) is 35.3 Å². The number of Topliss-reactive ketones (excluding diaryl/α,β-unsaturated/α-hetero) is 1. The number of aliphatic imine (C=N–C) groups is 1. The van der Waals surface area contributed by atoms with Crippen molar-refractivity contribution in [3.05, 3.63) is 35.9 Å². The average Bonchev–Trinajstić information content (AvgIpc) is 2.40. The highest BCUT2D eigenvalue weighted by Crippen LogP contribution is 2.20. The summed E-state index contributed by atoms with van der Waals surface area (Å²) in [5.41, 5.74) is 1.77. The van der Waals surface area contributed by atoms with Gasteiger partial charge in [-0.3, -0.25) is 9.79 Å². The zero-order valence-corrected chi connectivity index (χ0v) is 11.1. The first-order valence-electron chi connectivity index (χ1n) is 6.87. The third-order valence-electron chi connectivity index (χ3n) is 3.49. The molecule has 1 aliphatic carbocycles. The minimum Gasteiger partial charge on any atom is -0.294 e. The first kappa shape index (κ1) is 13.0. The summed E-state index contributed by atoms with van der Waals surface area (Å²) >= 11 is 0. The lowest BCUT2D eigenvalue weighted by atomic mass is 9.95. The lowest BCUT2D eigenvalue weighted by Crippen LogP contribution is -2.13. The minimum atomic E-state index is 0.174. The fourth-order valence-corrected chi connectivity index (χ4v) is 2.53. The number of benzene rings is 1. The Labute approximate surface area is 109 Å². The van der Waals surface area contributed by atoms with Crippen molar-refractivity contribution in [2.24, 2.45) is 4.99 Å². The monoisotopic (exact) mass is 243 g/mol. The summed E-state index contributed by atoms with van der Waals surface area (Å²) in [6.07, 6.45) is 6.75. The largest absolute Gasteiger partial charge is 0.294 e. The molecule has 1 saturated carbocycles. The number of hydrogen-bond acceptors (Lipinski definition) is 2. The highest BCUT2D eigenvalue weighted by atomic mass is 16.1. The molecule has 0 atom stereocenters. The van der Waals surface area contributed by atoms with Gasteiger partial charge in [-0.25, -0.2) is 0 Å². The summed E-state index contributed by atoms with van der Waals surface area (Å²) in [4.78, 5) is 16.7. The second-order valence-electron chi connectivity index (χ2n) is 5.12. The maximum absolute atomic E-state index is 12.0. The molecular formula is C16H21NO. The SMILES string of the molecule is CC(CC(=O)c1ccccc1)=NC1CCCCC1. The molecule has 0 heterocycles. The van der Waals surface area contributed by atoms with Crippen LogP contribution >= 0.6 is 0 Å². The molecule has 2 rings (SSSR count). The first-order chi connectivity index (χ1) is 8.75. The summed E-state index contributed by atoms with van der Waals surface area (Å²) in [6.45, 7) is 1.98. The molecule has 0 aliphatic heterocycles. The van der Waals surface area contributed by atoms with Crippen molar-refractivity contribution in [3.8, 4) is 0 Å². The van der Waals surface area contributed by atoms with Crippen molar-refractivity contribution in [2.75, 3.05) is 0 Å². The zero-order chi connectivity index (χ0) is 12.8. The molecule has 0 saturated heterocycles. The molecule has 1 aromatic carbocycles. The minimum absolute atomic E-state index is 0.174. The highest BCUT2D eigenvalue weighted by Gasteiger charge is 2.13. The topological polar surface area (TPSA) is 29.4 Å². The number of ketones is 1. The highest BCUT2D eigenvalue weighted by molar-refractivity contribution is 6.08. The van der Waals surface area contributed by atoms with Crippen LogP contribution in [0.1, 0.15) is 55.8 Å². The van der Waals surface area contributed by atoms with Gasteiger partial charge in [0.15, 0.2) is 5.78 Å². The lowest BCUT2D eigenvalue weighted by molar-refractivity contribution is 0.100. The van der Waals surface area contributed by atoms with Crippen molar-refractivity contribution in [3.63, 3.8) is 0 Å². The maximum atomic E-state index is 12.0. The van der Waals surface area contributed by atoms with Crippen LogP contribution in [0, 0.1) is 0 Å². The van der Waals surface area contributed by atoms with E-state index in [0.717, 1.165) is 11.3 Å². The Bertz CT molecular complexity index is 416. The van der Waals surface area contributed by atoms with Gasteiger partial charge in [-0.1, -0.05) is 49.6 Å². The summed E-state index contributed by atoms with van der Waals surface area (Å²) < 4.78 is 0. The van der Waals surface area contributed by atoms with Gasteiger partial charge in [-0.2, -0.15) is 0 Å². The van der Waals surface area contributed by atoms with Crippen LogP contribution in [0.4, 0.5) is 0 Å². The van der Waals surface area contributed by atoms with E-state index >= 15 is 0 Å². The van der Waals surface area contributed by atoms with Gasteiger partial charge in [0.05, 0.1) is 0 Å². The molecule has 0 bridgehead atoms. The van der Waals surface area contributed by atoms with Crippen LogP contribution in [0.5, 0.6) is 0 Å². The van der Waals surface area contributed by atoms with Gasteiger partial charge >= 0.3 is 0 Å². The van der Waals surface area contributed by atoms with E-state index in [-0.39, 0.29) is 5.78 Å². The van der Waals surface area contributed by atoms with Crippen molar-refractivity contribution >= 4 is 11.5 Å². The summed E-state index contributed by atoms with van der Waals surface area (Å²) in [7, 11) is 0. The average molecular weight is 243 g/mol. The number of hydrogen-bond donors (Lipinski definition) is 0. The predicted octanol–water partition coefficient (Wildman–Crippen LogP) is 4.05. The Morgan fingerprint density at radius 2 is 1.83 bits per heavy atom. The third-order valence-corrected chi connectivity index (χ3v) is 3.49. The quantitative estimate of drug-likeness (QED) is 0.579. The Hall–Kier alpha value is -1.44. The predicted molar refractivity (Wildman–Crippen MR) is 75.4 cm³/mol. The first-order valence-corrected chi connectivity index (χ1v) is 6.87. The molecule has 1 aliphatic rings. The second kappa shape index (κ2) is 6.48. The molecule has 0 spiro atoms. The van der Waals surface area contributed by atoms with Crippen LogP contribution in [-0.2, 0) is 0 Å². The van der Waals surface area contributed by atoms with E-state index < -0.39 is 0 Å². The smallest absolute Gasteiger partial charge is 0.168 e. The van der Waals surface area contributed by atoms with Gasteiger partial charge in [0.2, 0.25) is 0 Å². The Kier molecular flexibility index (Phi) is 4.68. The molecule has 0 amide bonds. The summed E-state index contributed by atoms with van der Waals surface area (Å²) in [5.74, 6) is 0.174. The van der Waals surface area contributed by atoms with E-state index in [0.29, 0.717) is 12.5 Å². The van der Waals surface area contributed by atoms with Crippen LogP contribution in [0.25, 0.3) is 0 Å². The van der Waals surface area contributed by atoms with Crippen molar-refractivity contribution in [1.29, 1.82) is 0 Å². The van der Waals surface area contributed by atoms with Crippen molar-refractivity contribution in [2.45, 2.75) is 51.5 Å². The second-order valence-corrected chi connectivity index (χ2v) is 5.12. The van der Waals surface area contributed by atoms with Gasteiger partial charge in [-0.05, 0) is 19.8 Å². The van der Waals surface area contributed by atoms with Gasteiger partial charge in [-0.15, -0.1) is 0 Å². The van der Waals surface area contributed by atoms with E-state index in [9.17, 15) is 4.79 Å². The maximum Gasteiger partial charge on any atom is 0.168 e. The zero-order valence-electron chi connectivity index (χ0n) is 11.1. The van der Waals surface area contributed by atoms with Crippen molar-refractivity contribution in [1.82, 2.24) is 0 Å². The van der Waals surface area contributed by atoms with Crippen LogP contribution in [0.2, 0.25) is 0 Å².